The number of aliphatic hydroxyl groups excluding tert-OH is 1. The summed E-state index contributed by atoms with van der Waals surface area (Å²) in [6.45, 7) is 7.18. The van der Waals surface area contributed by atoms with Crippen LogP contribution in [-0.2, 0) is 27.4 Å². The van der Waals surface area contributed by atoms with E-state index in [0.717, 1.165) is 28.8 Å². The van der Waals surface area contributed by atoms with Crippen molar-refractivity contribution in [2.45, 2.75) is 58.5 Å². The number of carbonyl (C=O) groups excluding carboxylic acids is 1. The summed E-state index contributed by atoms with van der Waals surface area (Å²) in [6, 6.07) is 31.4. The van der Waals surface area contributed by atoms with Gasteiger partial charge in [0.15, 0.2) is 6.29 Å². The number of likely N-dealkylation sites (N-methyl/N-ethyl adjacent to an activating group) is 1. The van der Waals surface area contributed by atoms with E-state index in [1.807, 2.05) is 48.5 Å². The second kappa shape index (κ2) is 13.0. The van der Waals surface area contributed by atoms with Gasteiger partial charge in [-0.1, -0.05) is 91.9 Å². The third kappa shape index (κ3) is 6.85. The van der Waals surface area contributed by atoms with Gasteiger partial charge in [0.2, 0.25) is 5.91 Å². The molecule has 1 saturated heterocycles. The summed E-state index contributed by atoms with van der Waals surface area (Å²) in [5.41, 5.74) is 5.18. The highest BCUT2D eigenvalue weighted by Gasteiger charge is 2.39. The number of aliphatic hydroxyl groups is 1. The SMILES string of the molecule is CC(=O)NCc1ccc(C2OC(CN(C)C(C)c3ccc4ccccc4c3)C(C)C(c3ccc(CO)cc3)O2)cc1. The van der Waals surface area contributed by atoms with Gasteiger partial charge in [-0.25, -0.2) is 0 Å². The average Bonchev–Trinajstić information content (AvgIpc) is 3.00. The highest BCUT2D eigenvalue weighted by Crippen LogP contribution is 2.42. The van der Waals surface area contributed by atoms with E-state index in [1.54, 1.807) is 0 Å². The van der Waals surface area contributed by atoms with Gasteiger partial charge in [0.25, 0.3) is 0 Å². The van der Waals surface area contributed by atoms with Gasteiger partial charge < -0.3 is 19.9 Å². The molecule has 0 saturated carbocycles. The van der Waals surface area contributed by atoms with Gasteiger partial charge in [0.1, 0.15) is 0 Å². The molecule has 0 aliphatic carbocycles. The molecule has 5 rings (SSSR count). The van der Waals surface area contributed by atoms with Crippen LogP contribution in [0.5, 0.6) is 0 Å². The third-order valence-corrected chi connectivity index (χ3v) is 8.30. The van der Waals surface area contributed by atoms with Gasteiger partial charge in [-0.2, -0.15) is 0 Å². The molecule has 1 heterocycles. The lowest BCUT2D eigenvalue weighted by Gasteiger charge is -2.43. The zero-order valence-corrected chi connectivity index (χ0v) is 24.3. The molecule has 5 atom stereocenters. The van der Waals surface area contributed by atoms with Crippen LogP contribution in [0, 0.1) is 5.92 Å². The summed E-state index contributed by atoms with van der Waals surface area (Å²) < 4.78 is 13.3. The number of fused-ring (bicyclic) bond motifs is 1. The van der Waals surface area contributed by atoms with Gasteiger partial charge in [0, 0.05) is 37.5 Å². The van der Waals surface area contributed by atoms with Gasteiger partial charge in [-0.05, 0) is 53.1 Å². The maximum Gasteiger partial charge on any atom is 0.217 e. The van der Waals surface area contributed by atoms with Crippen molar-refractivity contribution in [2.24, 2.45) is 5.92 Å². The topological polar surface area (TPSA) is 71.0 Å². The van der Waals surface area contributed by atoms with E-state index in [9.17, 15) is 9.90 Å². The fraction of sp³-hybridized carbons (Fsp3) is 0.343. The lowest BCUT2D eigenvalue weighted by Crippen LogP contribution is -2.44. The zero-order valence-electron chi connectivity index (χ0n) is 24.3. The molecule has 0 bridgehead atoms. The second-order valence-corrected chi connectivity index (χ2v) is 11.2. The first kappa shape index (κ1) is 29.0. The van der Waals surface area contributed by atoms with Crippen molar-refractivity contribution in [1.82, 2.24) is 10.2 Å². The molecule has 6 nitrogen and oxygen atoms in total. The standard InChI is InChI=1S/C35H40N2O4/c1-23-33(21-37(4)24(2)31-18-17-28-7-5-6-8-32(28)19-31)40-35(30-15-9-26(10-16-30)20-36-25(3)39)41-34(23)29-13-11-27(22-38)12-14-29/h5-19,23-24,33-35,38H,20-22H2,1-4H3,(H,36,39). The molecule has 6 heteroatoms. The Hall–Kier alpha value is -3.55. The van der Waals surface area contributed by atoms with Gasteiger partial charge in [-0.15, -0.1) is 0 Å². The number of ether oxygens (including phenoxy) is 2. The first-order valence-electron chi connectivity index (χ1n) is 14.3. The highest BCUT2D eigenvalue weighted by molar-refractivity contribution is 5.83. The first-order chi connectivity index (χ1) is 19.8. The van der Waals surface area contributed by atoms with E-state index in [-0.39, 0.29) is 36.7 Å². The number of benzene rings is 4. The second-order valence-electron chi connectivity index (χ2n) is 11.2. The van der Waals surface area contributed by atoms with Gasteiger partial charge >= 0.3 is 0 Å². The Kier molecular flexibility index (Phi) is 9.15. The molecule has 0 radical (unpaired) electrons. The number of carbonyl (C=O) groups is 1. The van der Waals surface area contributed by atoms with Crippen molar-refractivity contribution in [2.75, 3.05) is 13.6 Å². The van der Waals surface area contributed by atoms with Crippen molar-refractivity contribution < 1.29 is 19.4 Å². The van der Waals surface area contributed by atoms with Crippen molar-refractivity contribution in [3.05, 3.63) is 119 Å². The Balaban J connectivity index is 1.37. The fourth-order valence-corrected chi connectivity index (χ4v) is 5.51. The van der Waals surface area contributed by atoms with Crippen LogP contribution < -0.4 is 5.32 Å². The quantitative estimate of drug-likeness (QED) is 0.250. The minimum atomic E-state index is -0.530. The van der Waals surface area contributed by atoms with E-state index in [4.69, 9.17) is 9.47 Å². The predicted octanol–water partition coefficient (Wildman–Crippen LogP) is 6.45. The molecule has 5 unspecified atom stereocenters. The molecule has 0 spiro atoms. The molecule has 2 N–H and O–H groups in total. The van der Waals surface area contributed by atoms with Gasteiger partial charge in [0.05, 0.1) is 18.8 Å². The molecule has 1 amide bonds. The lowest BCUT2D eigenvalue weighted by molar-refractivity contribution is -0.276. The maximum absolute atomic E-state index is 11.3. The molecule has 214 valence electrons. The van der Waals surface area contributed by atoms with Crippen LogP contribution in [0.2, 0.25) is 0 Å². The Bertz CT molecular complexity index is 1450. The van der Waals surface area contributed by atoms with Crippen LogP contribution in [-0.4, -0.2) is 35.6 Å². The maximum atomic E-state index is 11.3. The highest BCUT2D eigenvalue weighted by atomic mass is 16.7. The van der Waals surface area contributed by atoms with E-state index in [1.165, 1.54) is 23.3 Å². The first-order valence-corrected chi connectivity index (χ1v) is 14.3. The summed E-state index contributed by atoms with van der Waals surface area (Å²) in [4.78, 5) is 13.7. The summed E-state index contributed by atoms with van der Waals surface area (Å²) >= 11 is 0. The van der Waals surface area contributed by atoms with Crippen molar-refractivity contribution >= 4 is 16.7 Å². The van der Waals surface area contributed by atoms with Crippen molar-refractivity contribution in [3.8, 4) is 0 Å². The van der Waals surface area contributed by atoms with Crippen LogP contribution in [0.15, 0.2) is 91.0 Å². The number of nitrogens with zero attached hydrogens (tertiary/aromatic N) is 1. The normalized spacial score (nSPS) is 21.6. The molecular weight excluding hydrogens is 512 g/mol. The van der Waals surface area contributed by atoms with Crippen LogP contribution in [0.4, 0.5) is 0 Å². The third-order valence-electron chi connectivity index (χ3n) is 8.30. The molecule has 1 aliphatic heterocycles. The fourth-order valence-electron chi connectivity index (χ4n) is 5.51. The Morgan fingerprint density at radius 1 is 0.902 bits per heavy atom. The molecule has 4 aromatic rings. The van der Waals surface area contributed by atoms with Crippen molar-refractivity contribution in [3.63, 3.8) is 0 Å². The number of rotatable bonds is 9. The molecule has 0 aromatic heterocycles. The monoisotopic (exact) mass is 552 g/mol. The lowest BCUT2D eigenvalue weighted by atomic mass is 9.89. The minimum Gasteiger partial charge on any atom is -0.392 e. The Morgan fingerprint density at radius 3 is 2.24 bits per heavy atom. The number of hydrogen-bond acceptors (Lipinski definition) is 5. The smallest absolute Gasteiger partial charge is 0.217 e. The predicted molar refractivity (Wildman–Crippen MR) is 162 cm³/mol. The molecular formula is C35H40N2O4. The minimum absolute atomic E-state index is 0.0119. The molecule has 4 aromatic carbocycles. The molecule has 41 heavy (non-hydrogen) atoms. The van der Waals surface area contributed by atoms with E-state index in [0.29, 0.717) is 6.54 Å². The van der Waals surface area contributed by atoms with Crippen molar-refractivity contribution in [1.29, 1.82) is 0 Å². The number of nitrogens with one attached hydrogen (secondary N) is 1. The summed E-state index contributed by atoms with van der Waals surface area (Å²) in [7, 11) is 2.16. The van der Waals surface area contributed by atoms with Crippen LogP contribution >= 0.6 is 0 Å². The summed E-state index contributed by atoms with van der Waals surface area (Å²) in [5.74, 6) is 0.0402. The molecule has 1 fully saturated rings. The summed E-state index contributed by atoms with van der Waals surface area (Å²) in [5, 5.41) is 14.9. The summed E-state index contributed by atoms with van der Waals surface area (Å²) in [6.07, 6.45) is -0.781. The van der Waals surface area contributed by atoms with Crippen LogP contribution in [0.25, 0.3) is 10.8 Å². The Labute approximate surface area is 242 Å². The van der Waals surface area contributed by atoms with Crippen LogP contribution in [0.3, 0.4) is 0 Å². The van der Waals surface area contributed by atoms with E-state index in [2.05, 4.69) is 73.6 Å². The van der Waals surface area contributed by atoms with E-state index < -0.39 is 6.29 Å². The average molecular weight is 553 g/mol. The molecule has 1 aliphatic rings. The van der Waals surface area contributed by atoms with Gasteiger partial charge in [-0.3, -0.25) is 9.69 Å². The number of amides is 1. The Morgan fingerprint density at radius 2 is 1.56 bits per heavy atom. The van der Waals surface area contributed by atoms with Crippen LogP contribution in [0.1, 0.15) is 67.0 Å². The number of hydrogen-bond donors (Lipinski definition) is 2. The zero-order chi connectivity index (χ0) is 28.9. The van der Waals surface area contributed by atoms with E-state index >= 15 is 0 Å². The largest absolute Gasteiger partial charge is 0.392 e.